The Balaban J connectivity index is 3.17. The quantitative estimate of drug-likeness (QED) is 0.469. The Morgan fingerprint density at radius 1 is 1.50 bits per heavy atom. The normalized spacial score (nSPS) is 9.67. The SMILES string of the molecule is Nc1nn([N+](=O)[O-])cc1[N+](=O)[O-]. The molecule has 0 fully saturated rings. The van der Waals surface area contributed by atoms with Crippen molar-refractivity contribution in [1.82, 2.24) is 9.89 Å². The molecule has 0 aliphatic carbocycles. The van der Waals surface area contributed by atoms with Crippen LogP contribution >= 0.6 is 0 Å². The summed E-state index contributed by atoms with van der Waals surface area (Å²) in [4.78, 5) is 19.5. The number of nitro groups is 2. The van der Waals surface area contributed by atoms with E-state index in [2.05, 4.69) is 5.10 Å². The highest BCUT2D eigenvalue weighted by Gasteiger charge is 2.24. The van der Waals surface area contributed by atoms with Gasteiger partial charge in [-0.3, -0.25) is 10.1 Å². The Labute approximate surface area is 64.7 Å². The molecule has 0 spiro atoms. The van der Waals surface area contributed by atoms with E-state index in [1.165, 1.54) is 0 Å². The highest BCUT2D eigenvalue weighted by Crippen LogP contribution is 2.17. The van der Waals surface area contributed by atoms with E-state index in [-0.39, 0.29) is 4.79 Å². The van der Waals surface area contributed by atoms with Crippen LogP contribution in [0.3, 0.4) is 0 Å². The van der Waals surface area contributed by atoms with Crippen LogP contribution in [0.15, 0.2) is 6.20 Å². The number of hydrogen-bond acceptors (Lipinski definition) is 6. The standard InChI is InChI=1S/C3H3N5O4/c4-3-2(7(9)10)1-6(5-3)8(11)12/h1H,(H2,4,5). The molecule has 0 bridgehead atoms. The highest BCUT2D eigenvalue weighted by atomic mass is 16.7. The van der Waals surface area contributed by atoms with Crippen molar-refractivity contribution < 1.29 is 9.96 Å². The molecule has 0 unspecified atom stereocenters. The van der Waals surface area contributed by atoms with Gasteiger partial charge in [0.2, 0.25) is 0 Å². The molecule has 0 atom stereocenters. The average molecular weight is 173 g/mol. The highest BCUT2D eigenvalue weighted by molar-refractivity contribution is 5.49. The summed E-state index contributed by atoms with van der Waals surface area (Å²) in [5, 5.41) is 22.3. The fourth-order valence-corrected chi connectivity index (χ4v) is 0.590. The number of nitrogen functional groups attached to an aromatic ring is 1. The Morgan fingerprint density at radius 2 is 2.08 bits per heavy atom. The predicted molar refractivity (Wildman–Crippen MR) is 35.7 cm³/mol. The zero-order chi connectivity index (χ0) is 9.30. The first-order valence-electron chi connectivity index (χ1n) is 2.66. The Bertz CT molecular complexity index is 342. The number of rotatable bonds is 2. The van der Waals surface area contributed by atoms with Crippen molar-refractivity contribution in [2.24, 2.45) is 0 Å². The van der Waals surface area contributed by atoms with Gasteiger partial charge >= 0.3 is 11.5 Å². The zero-order valence-electron chi connectivity index (χ0n) is 5.58. The van der Waals surface area contributed by atoms with E-state index in [9.17, 15) is 20.2 Å². The topological polar surface area (TPSA) is 130 Å². The minimum atomic E-state index is -0.927. The van der Waals surface area contributed by atoms with E-state index in [0.717, 1.165) is 0 Å². The van der Waals surface area contributed by atoms with Crippen LogP contribution in [-0.2, 0) is 0 Å². The third-order valence-electron chi connectivity index (χ3n) is 1.07. The first-order valence-corrected chi connectivity index (χ1v) is 2.66. The molecule has 0 amide bonds. The van der Waals surface area contributed by atoms with Gasteiger partial charge in [-0.2, -0.15) is 0 Å². The van der Waals surface area contributed by atoms with Gasteiger partial charge in [0.15, 0.2) is 6.20 Å². The summed E-state index contributed by atoms with van der Waals surface area (Å²) >= 11 is 0. The van der Waals surface area contributed by atoms with E-state index >= 15 is 0 Å². The fourth-order valence-electron chi connectivity index (χ4n) is 0.590. The van der Waals surface area contributed by atoms with Crippen LogP contribution in [0.25, 0.3) is 0 Å². The molecule has 0 radical (unpaired) electrons. The maximum atomic E-state index is 10.1. The lowest BCUT2D eigenvalue weighted by Crippen LogP contribution is -2.08. The van der Waals surface area contributed by atoms with E-state index in [1.807, 2.05) is 0 Å². The molecular weight excluding hydrogens is 170 g/mol. The molecule has 0 aliphatic heterocycles. The lowest BCUT2D eigenvalue weighted by Gasteiger charge is -1.85. The van der Waals surface area contributed by atoms with E-state index in [0.29, 0.717) is 6.20 Å². The number of nitrogens with zero attached hydrogens (tertiary/aromatic N) is 4. The monoisotopic (exact) mass is 173 g/mol. The molecule has 64 valence electrons. The summed E-state index contributed by atoms with van der Waals surface area (Å²) in [6.45, 7) is 0. The summed E-state index contributed by atoms with van der Waals surface area (Å²) in [5.41, 5.74) is 4.42. The molecule has 9 heteroatoms. The van der Waals surface area contributed by atoms with Crippen LogP contribution < -0.4 is 5.73 Å². The van der Waals surface area contributed by atoms with Crippen molar-refractivity contribution in [2.75, 3.05) is 5.73 Å². The number of aromatic nitrogens is 2. The second kappa shape index (κ2) is 2.45. The van der Waals surface area contributed by atoms with Gasteiger partial charge in [-0.25, -0.2) is 0 Å². The Kier molecular flexibility index (Phi) is 1.62. The van der Waals surface area contributed by atoms with Gasteiger partial charge in [-0.15, -0.1) is 0 Å². The fraction of sp³-hybridized carbons (Fsp3) is 0. The van der Waals surface area contributed by atoms with Crippen LogP contribution in [-0.4, -0.2) is 19.8 Å². The Hall–Kier alpha value is -2.19. The second-order valence-corrected chi connectivity index (χ2v) is 1.81. The maximum Gasteiger partial charge on any atom is 0.363 e. The first kappa shape index (κ1) is 7.91. The summed E-state index contributed by atoms with van der Waals surface area (Å²) in [5.74, 6) is -0.475. The van der Waals surface area contributed by atoms with Gasteiger partial charge in [-0.05, 0) is 0 Å². The summed E-state index contributed by atoms with van der Waals surface area (Å²) < 4.78 is 0. The number of nitrogens with two attached hydrogens (primary N) is 1. The minimum Gasteiger partial charge on any atom is -0.355 e. The predicted octanol–water partition coefficient (Wildman–Crippen LogP) is -0.587. The summed E-state index contributed by atoms with van der Waals surface area (Å²) in [7, 11) is 0. The van der Waals surface area contributed by atoms with Crippen molar-refractivity contribution in [2.45, 2.75) is 0 Å². The van der Waals surface area contributed by atoms with Crippen molar-refractivity contribution in [3.63, 3.8) is 0 Å². The second-order valence-electron chi connectivity index (χ2n) is 1.81. The van der Waals surface area contributed by atoms with Crippen LogP contribution in [0.2, 0.25) is 0 Å². The lowest BCUT2D eigenvalue weighted by molar-refractivity contribution is -0.553. The van der Waals surface area contributed by atoms with E-state index in [4.69, 9.17) is 5.73 Å². The summed E-state index contributed by atoms with van der Waals surface area (Å²) in [6.07, 6.45) is 0.634. The third-order valence-corrected chi connectivity index (χ3v) is 1.07. The molecule has 1 rings (SSSR count). The Morgan fingerprint density at radius 3 is 2.33 bits per heavy atom. The maximum absolute atomic E-state index is 10.1. The first-order chi connectivity index (χ1) is 5.52. The van der Waals surface area contributed by atoms with Gasteiger partial charge in [0.25, 0.3) is 0 Å². The summed E-state index contributed by atoms with van der Waals surface area (Å²) in [6, 6.07) is 0. The van der Waals surface area contributed by atoms with Crippen LogP contribution in [0.5, 0.6) is 0 Å². The molecule has 0 aromatic carbocycles. The molecule has 2 N–H and O–H groups in total. The molecule has 0 saturated carbocycles. The van der Waals surface area contributed by atoms with E-state index < -0.39 is 21.5 Å². The van der Waals surface area contributed by atoms with E-state index in [1.54, 1.807) is 0 Å². The molecule has 0 aliphatic rings. The lowest BCUT2D eigenvalue weighted by atomic mass is 10.5. The molecule has 12 heavy (non-hydrogen) atoms. The van der Waals surface area contributed by atoms with Gasteiger partial charge < -0.3 is 15.8 Å². The van der Waals surface area contributed by atoms with Crippen LogP contribution in [0, 0.1) is 20.2 Å². The zero-order valence-corrected chi connectivity index (χ0v) is 5.58. The van der Waals surface area contributed by atoms with Crippen LogP contribution in [0.1, 0.15) is 0 Å². The molecule has 1 aromatic rings. The van der Waals surface area contributed by atoms with Crippen molar-refractivity contribution in [1.29, 1.82) is 0 Å². The average Bonchev–Trinajstić information content (AvgIpc) is 2.30. The molecule has 1 aromatic heterocycles. The van der Waals surface area contributed by atoms with Gasteiger partial charge in [0.05, 0.1) is 15.1 Å². The van der Waals surface area contributed by atoms with Gasteiger partial charge in [-0.1, -0.05) is 0 Å². The largest absolute Gasteiger partial charge is 0.363 e. The van der Waals surface area contributed by atoms with Crippen LogP contribution in [0.4, 0.5) is 11.5 Å². The minimum absolute atomic E-state index is 0.188. The molecule has 1 heterocycles. The smallest absolute Gasteiger partial charge is 0.355 e. The number of hydrogen-bond donors (Lipinski definition) is 1. The molecule has 0 saturated heterocycles. The van der Waals surface area contributed by atoms with Gasteiger partial charge in [0.1, 0.15) is 0 Å². The van der Waals surface area contributed by atoms with Crippen molar-refractivity contribution in [3.05, 3.63) is 26.4 Å². The van der Waals surface area contributed by atoms with Gasteiger partial charge in [0, 0.05) is 4.79 Å². The molecular formula is C3H3N5O4. The number of anilines is 1. The van der Waals surface area contributed by atoms with Crippen molar-refractivity contribution >= 4 is 11.5 Å². The van der Waals surface area contributed by atoms with Crippen molar-refractivity contribution in [3.8, 4) is 0 Å². The molecule has 9 nitrogen and oxygen atoms in total. The third kappa shape index (κ3) is 1.14.